The van der Waals surface area contributed by atoms with Crippen molar-refractivity contribution in [1.29, 1.82) is 0 Å². The van der Waals surface area contributed by atoms with Gasteiger partial charge in [0.05, 0.1) is 23.7 Å². The minimum Gasteiger partial charge on any atom is -0.393 e. The molecule has 2 aliphatic heterocycles. The van der Waals surface area contributed by atoms with Gasteiger partial charge in [-0.15, -0.1) is 0 Å². The summed E-state index contributed by atoms with van der Waals surface area (Å²) in [5.41, 5.74) is -1.11. The summed E-state index contributed by atoms with van der Waals surface area (Å²) in [7, 11) is 0. The van der Waals surface area contributed by atoms with E-state index in [0.29, 0.717) is 12.8 Å². The van der Waals surface area contributed by atoms with Gasteiger partial charge in [-0.1, -0.05) is 0 Å². The maximum atomic E-state index is 14.0. The summed E-state index contributed by atoms with van der Waals surface area (Å²) in [5, 5.41) is 0. The molecule has 0 radical (unpaired) electrons. The molecule has 0 aromatic carbocycles. The number of hydrogen-bond donors (Lipinski definition) is 0. The molecular formula is C21H20O7. The second-order valence-electron chi connectivity index (χ2n) is 10.3. The molecule has 7 aliphatic rings. The van der Waals surface area contributed by atoms with Gasteiger partial charge in [-0.05, 0) is 62.2 Å². The number of carbonyl (C=O) groups is 5. The summed E-state index contributed by atoms with van der Waals surface area (Å²) >= 11 is 0. The highest BCUT2D eigenvalue weighted by molar-refractivity contribution is 6.02. The molecule has 5 saturated carbocycles. The second kappa shape index (κ2) is 4.41. The summed E-state index contributed by atoms with van der Waals surface area (Å²) in [5.74, 6) is -3.28. The molecule has 0 N–H and O–H groups in total. The van der Waals surface area contributed by atoms with Crippen molar-refractivity contribution in [3.8, 4) is 0 Å². The molecule has 4 unspecified atom stereocenters. The van der Waals surface area contributed by atoms with Crippen LogP contribution in [0.4, 0.5) is 0 Å². The topological polar surface area (TPSA) is 104 Å². The number of carbonyl (C=O) groups excluding carboxylic acids is 5. The van der Waals surface area contributed by atoms with Gasteiger partial charge < -0.3 is 9.47 Å². The van der Waals surface area contributed by atoms with E-state index in [-0.39, 0.29) is 41.3 Å². The smallest absolute Gasteiger partial charge is 0.317 e. The Balaban J connectivity index is 1.27. The van der Waals surface area contributed by atoms with Gasteiger partial charge in [-0.2, -0.15) is 0 Å². The lowest BCUT2D eigenvalue weighted by molar-refractivity contribution is -0.156. The molecular weight excluding hydrogens is 364 g/mol. The summed E-state index contributed by atoms with van der Waals surface area (Å²) in [6.45, 7) is 0. The van der Waals surface area contributed by atoms with Gasteiger partial charge in [0.15, 0.2) is 0 Å². The monoisotopic (exact) mass is 384 g/mol. The minimum atomic E-state index is -0.554. The average molecular weight is 384 g/mol. The first kappa shape index (κ1) is 15.8. The number of fused-ring (bicyclic) bond motifs is 12. The van der Waals surface area contributed by atoms with Crippen LogP contribution >= 0.6 is 0 Å². The van der Waals surface area contributed by atoms with Crippen LogP contribution in [0.2, 0.25) is 0 Å². The molecule has 10 atom stereocenters. The van der Waals surface area contributed by atoms with Crippen LogP contribution in [-0.4, -0.2) is 29.7 Å². The first-order valence-corrected chi connectivity index (χ1v) is 10.4. The first-order valence-electron chi connectivity index (χ1n) is 10.4. The highest BCUT2D eigenvalue weighted by Gasteiger charge is 2.78. The Bertz CT molecular complexity index is 850. The van der Waals surface area contributed by atoms with Crippen LogP contribution in [0, 0.1) is 58.2 Å². The summed E-state index contributed by atoms with van der Waals surface area (Å²) in [6, 6.07) is 0. The van der Waals surface area contributed by atoms with E-state index in [1.54, 1.807) is 0 Å². The Labute approximate surface area is 160 Å². The number of ether oxygens (including phenoxy) is 2. The molecule has 7 rings (SSSR count). The molecule has 7 heteroatoms. The van der Waals surface area contributed by atoms with E-state index >= 15 is 0 Å². The van der Waals surface area contributed by atoms with Gasteiger partial charge in [0.25, 0.3) is 0 Å². The molecule has 7 fully saturated rings. The Morgan fingerprint density at radius 3 is 1.43 bits per heavy atom. The molecule has 2 heterocycles. The van der Waals surface area contributed by atoms with Gasteiger partial charge in [0.2, 0.25) is 0 Å². The Kier molecular flexibility index (Phi) is 2.49. The highest BCUT2D eigenvalue weighted by atomic mass is 16.6. The fraction of sp³-hybridized carbons (Fsp3) is 0.762. The molecule has 146 valence electrons. The molecule has 4 bridgehead atoms. The largest absolute Gasteiger partial charge is 0.393 e. The number of ketones is 1. The van der Waals surface area contributed by atoms with Crippen molar-refractivity contribution in [2.24, 2.45) is 58.2 Å². The van der Waals surface area contributed by atoms with Crippen LogP contribution in [0.25, 0.3) is 0 Å². The normalized spacial score (nSPS) is 57.6. The standard InChI is InChI=1S/C21H20O7/c22-15-11-7-3-9(13(11)17(24)27-15)20(5-7)1-2-21(19(20)26)6-8-4-10(21)14-12(8)16(23)28-18(14)25/h7-14H,1-6H2/t7-,8?,9-,10?,11?,12+,13+,14?,20-,21+/m1/s1. The molecule has 2 spiro atoms. The molecule has 28 heavy (non-hydrogen) atoms. The number of rotatable bonds is 0. The van der Waals surface area contributed by atoms with Crippen LogP contribution in [0.5, 0.6) is 0 Å². The predicted molar refractivity (Wildman–Crippen MR) is 87.7 cm³/mol. The Hall–Kier alpha value is -2.05. The van der Waals surface area contributed by atoms with Gasteiger partial charge in [0, 0.05) is 10.8 Å². The van der Waals surface area contributed by atoms with E-state index < -0.39 is 46.5 Å². The fourth-order valence-electron chi connectivity index (χ4n) is 9.16. The fourth-order valence-corrected chi connectivity index (χ4v) is 9.16. The van der Waals surface area contributed by atoms with Crippen LogP contribution in [-0.2, 0) is 33.4 Å². The van der Waals surface area contributed by atoms with Crippen molar-refractivity contribution in [3.05, 3.63) is 0 Å². The Morgan fingerprint density at radius 1 is 0.607 bits per heavy atom. The molecule has 0 amide bonds. The number of Topliss-reactive ketones (excluding diaryl/α,β-unsaturated/α-hetero) is 1. The maximum absolute atomic E-state index is 14.0. The van der Waals surface area contributed by atoms with E-state index in [0.717, 1.165) is 25.7 Å². The van der Waals surface area contributed by atoms with Crippen molar-refractivity contribution in [2.45, 2.75) is 38.5 Å². The summed E-state index contributed by atoms with van der Waals surface area (Å²) in [4.78, 5) is 62.8. The van der Waals surface area contributed by atoms with Crippen molar-refractivity contribution < 1.29 is 33.4 Å². The van der Waals surface area contributed by atoms with Crippen LogP contribution in [0.3, 0.4) is 0 Å². The summed E-state index contributed by atoms with van der Waals surface area (Å²) in [6.07, 6.45) is 4.27. The SMILES string of the molecule is O=C1OC(=O)[C@H]2C3CC(C12)[C@]1(CC[C@]2(C[C@H]4C[C@@H]2[C@@H]2C(=O)OC(=O)C42)C1=O)C3. The number of esters is 4. The zero-order valence-electron chi connectivity index (χ0n) is 15.2. The van der Waals surface area contributed by atoms with E-state index in [2.05, 4.69) is 0 Å². The summed E-state index contributed by atoms with van der Waals surface area (Å²) < 4.78 is 9.82. The van der Waals surface area contributed by atoms with Crippen molar-refractivity contribution >= 4 is 29.7 Å². The van der Waals surface area contributed by atoms with Crippen molar-refractivity contribution in [2.75, 3.05) is 0 Å². The Morgan fingerprint density at radius 2 is 1.00 bits per heavy atom. The third-order valence-corrected chi connectivity index (χ3v) is 9.85. The van der Waals surface area contributed by atoms with E-state index in [4.69, 9.17) is 9.47 Å². The third-order valence-electron chi connectivity index (χ3n) is 9.85. The average Bonchev–Trinajstić information content (AvgIpc) is 3.46. The molecule has 7 nitrogen and oxygen atoms in total. The predicted octanol–water partition coefficient (Wildman–Crippen LogP) is 1.03. The first-order chi connectivity index (χ1) is 13.4. The number of hydrogen-bond acceptors (Lipinski definition) is 7. The van der Waals surface area contributed by atoms with E-state index in [1.165, 1.54) is 0 Å². The second-order valence-corrected chi connectivity index (χ2v) is 10.3. The van der Waals surface area contributed by atoms with E-state index in [1.807, 2.05) is 0 Å². The van der Waals surface area contributed by atoms with Gasteiger partial charge in [-0.25, -0.2) is 0 Å². The van der Waals surface area contributed by atoms with Crippen molar-refractivity contribution in [3.63, 3.8) is 0 Å². The van der Waals surface area contributed by atoms with Gasteiger partial charge in [0.1, 0.15) is 5.78 Å². The quantitative estimate of drug-likeness (QED) is 0.454. The lowest BCUT2D eigenvalue weighted by Gasteiger charge is -2.41. The zero-order valence-corrected chi connectivity index (χ0v) is 15.2. The minimum absolute atomic E-state index is 0.0532. The maximum Gasteiger partial charge on any atom is 0.317 e. The van der Waals surface area contributed by atoms with E-state index in [9.17, 15) is 24.0 Å². The molecule has 0 aromatic heterocycles. The lowest BCUT2D eigenvalue weighted by atomic mass is 9.58. The zero-order chi connectivity index (χ0) is 19.2. The molecule has 2 saturated heterocycles. The highest BCUT2D eigenvalue weighted by Crippen LogP contribution is 2.75. The van der Waals surface area contributed by atoms with Crippen molar-refractivity contribution in [1.82, 2.24) is 0 Å². The van der Waals surface area contributed by atoms with Gasteiger partial charge in [-0.3, -0.25) is 24.0 Å². The van der Waals surface area contributed by atoms with Gasteiger partial charge >= 0.3 is 23.9 Å². The lowest BCUT2D eigenvalue weighted by Crippen LogP contribution is -2.48. The third kappa shape index (κ3) is 1.40. The molecule has 0 aromatic rings. The van der Waals surface area contributed by atoms with Crippen LogP contribution < -0.4 is 0 Å². The van der Waals surface area contributed by atoms with Crippen LogP contribution in [0.1, 0.15) is 38.5 Å². The number of cyclic esters (lactones) is 4. The van der Waals surface area contributed by atoms with Crippen LogP contribution in [0.15, 0.2) is 0 Å². The molecule has 5 aliphatic carbocycles.